The Morgan fingerprint density at radius 1 is 1.24 bits per heavy atom. The van der Waals surface area contributed by atoms with Crippen LogP contribution in [0.5, 0.6) is 5.75 Å². The zero-order chi connectivity index (χ0) is 14.5. The third-order valence-electron chi connectivity index (χ3n) is 4.35. The first-order chi connectivity index (χ1) is 10.4. The van der Waals surface area contributed by atoms with Gasteiger partial charge in [-0.2, -0.15) is 0 Å². The van der Waals surface area contributed by atoms with Crippen molar-refractivity contribution in [2.24, 2.45) is 5.92 Å². The van der Waals surface area contributed by atoms with Crippen molar-refractivity contribution in [3.8, 4) is 5.75 Å². The fourth-order valence-electron chi connectivity index (χ4n) is 3.19. The van der Waals surface area contributed by atoms with Gasteiger partial charge in [-0.1, -0.05) is 30.3 Å². The van der Waals surface area contributed by atoms with Gasteiger partial charge in [0.2, 0.25) is 0 Å². The number of hydrogen-bond donors (Lipinski definition) is 2. The van der Waals surface area contributed by atoms with E-state index < -0.39 is 0 Å². The maximum Gasteiger partial charge on any atom is 0.123 e. The lowest BCUT2D eigenvalue weighted by molar-refractivity contribution is 0.357. The SMILES string of the molecule is COc1ccc2ccccc2c1CNCC1CCCNC1. The largest absolute Gasteiger partial charge is 0.496 e. The lowest BCUT2D eigenvalue weighted by Gasteiger charge is -2.23. The Kier molecular flexibility index (Phi) is 4.73. The quantitative estimate of drug-likeness (QED) is 0.885. The number of fused-ring (bicyclic) bond motifs is 1. The molecule has 0 amide bonds. The monoisotopic (exact) mass is 284 g/mol. The maximum atomic E-state index is 5.54. The molecule has 1 fully saturated rings. The standard InChI is InChI=1S/C18H24N2O/c1-21-18-9-8-15-6-2-3-7-16(15)17(18)13-20-12-14-5-4-10-19-11-14/h2-3,6-9,14,19-20H,4-5,10-13H2,1H3. The molecule has 3 rings (SSSR count). The zero-order valence-corrected chi connectivity index (χ0v) is 12.7. The average Bonchev–Trinajstić information content (AvgIpc) is 2.56. The maximum absolute atomic E-state index is 5.54. The number of benzene rings is 2. The summed E-state index contributed by atoms with van der Waals surface area (Å²) in [5, 5.41) is 9.65. The minimum atomic E-state index is 0.750. The molecule has 3 heteroatoms. The third-order valence-corrected chi connectivity index (χ3v) is 4.35. The van der Waals surface area contributed by atoms with Crippen LogP contribution in [0.15, 0.2) is 36.4 Å². The van der Waals surface area contributed by atoms with Gasteiger partial charge in [0, 0.05) is 12.1 Å². The van der Waals surface area contributed by atoms with Crippen LogP contribution in [0.1, 0.15) is 18.4 Å². The number of ether oxygens (including phenoxy) is 1. The van der Waals surface area contributed by atoms with Crippen molar-refractivity contribution in [2.45, 2.75) is 19.4 Å². The molecule has 3 nitrogen and oxygen atoms in total. The Bertz CT molecular complexity index is 591. The van der Waals surface area contributed by atoms with E-state index >= 15 is 0 Å². The molecule has 21 heavy (non-hydrogen) atoms. The normalized spacial score (nSPS) is 18.8. The Morgan fingerprint density at radius 3 is 2.95 bits per heavy atom. The zero-order valence-electron chi connectivity index (χ0n) is 12.7. The first kappa shape index (κ1) is 14.4. The van der Waals surface area contributed by atoms with Crippen molar-refractivity contribution in [2.75, 3.05) is 26.7 Å². The molecule has 2 aromatic carbocycles. The number of methoxy groups -OCH3 is 1. The van der Waals surface area contributed by atoms with Gasteiger partial charge in [0.15, 0.2) is 0 Å². The van der Waals surface area contributed by atoms with Gasteiger partial charge >= 0.3 is 0 Å². The highest BCUT2D eigenvalue weighted by Gasteiger charge is 2.13. The van der Waals surface area contributed by atoms with Crippen molar-refractivity contribution >= 4 is 10.8 Å². The smallest absolute Gasteiger partial charge is 0.123 e. The van der Waals surface area contributed by atoms with Crippen LogP contribution in [0.2, 0.25) is 0 Å². The Hall–Kier alpha value is -1.58. The topological polar surface area (TPSA) is 33.3 Å². The fraction of sp³-hybridized carbons (Fsp3) is 0.444. The number of piperidine rings is 1. The Labute approximate surface area is 126 Å². The van der Waals surface area contributed by atoms with Crippen LogP contribution in [0, 0.1) is 5.92 Å². The van der Waals surface area contributed by atoms with Crippen LogP contribution in [0.4, 0.5) is 0 Å². The van der Waals surface area contributed by atoms with Gasteiger partial charge in [-0.25, -0.2) is 0 Å². The van der Waals surface area contributed by atoms with Crippen LogP contribution in [-0.2, 0) is 6.54 Å². The van der Waals surface area contributed by atoms with Crippen LogP contribution in [-0.4, -0.2) is 26.7 Å². The second-order valence-electron chi connectivity index (χ2n) is 5.81. The lowest BCUT2D eigenvalue weighted by Crippen LogP contribution is -2.35. The molecule has 1 aliphatic rings. The summed E-state index contributed by atoms with van der Waals surface area (Å²) in [6, 6.07) is 12.7. The first-order valence-corrected chi connectivity index (χ1v) is 7.84. The van der Waals surface area contributed by atoms with Gasteiger partial charge in [-0.05, 0) is 55.2 Å². The number of rotatable bonds is 5. The van der Waals surface area contributed by atoms with Crippen LogP contribution in [0.3, 0.4) is 0 Å². The number of hydrogen-bond acceptors (Lipinski definition) is 3. The summed E-state index contributed by atoms with van der Waals surface area (Å²) < 4.78 is 5.54. The summed E-state index contributed by atoms with van der Waals surface area (Å²) in [6.45, 7) is 4.24. The van der Waals surface area contributed by atoms with E-state index in [1.54, 1.807) is 7.11 Å². The summed E-state index contributed by atoms with van der Waals surface area (Å²) in [5.74, 6) is 1.72. The van der Waals surface area contributed by atoms with Crippen LogP contribution >= 0.6 is 0 Å². The van der Waals surface area contributed by atoms with Gasteiger partial charge < -0.3 is 15.4 Å². The van der Waals surface area contributed by atoms with Crippen LogP contribution < -0.4 is 15.4 Å². The average molecular weight is 284 g/mol. The Morgan fingerprint density at radius 2 is 2.14 bits per heavy atom. The predicted molar refractivity (Wildman–Crippen MR) is 87.8 cm³/mol. The minimum Gasteiger partial charge on any atom is -0.496 e. The highest BCUT2D eigenvalue weighted by Crippen LogP contribution is 2.27. The van der Waals surface area contributed by atoms with Gasteiger partial charge in [0.05, 0.1) is 7.11 Å². The summed E-state index contributed by atoms with van der Waals surface area (Å²) in [6.07, 6.45) is 2.62. The Balaban J connectivity index is 1.72. The first-order valence-electron chi connectivity index (χ1n) is 7.84. The van der Waals surface area contributed by atoms with Gasteiger partial charge in [-0.15, -0.1) is 0 Å². The second-order valence-corrected chi connectivity index (χ2v) is 5.81. The molecule has 1 aliphatic heterocycles. The third kappa shape index (κ3) is 3.36. The fourth-order valence-corrected chi connectivity index (χ4v) is 3.19. The molecule has 0 spiro atoms. The van der Waals surface area contributed by atoms with Crippen LogP contribution in [0.25, 0.3) is 10.8 Å². The summed E-state index contributed by atoms with van der Waals surface area (Å²) in [5.41, 5.74) is 1.26. The highest BCUT2D eigenvalue weighted by atomic mass is 16.5. The van der Waals surface area contributed by atoms with Crippen molar-refractivity contribution in [3.63, 3.8) is 0 Å². The van der Waals surface area contributed by atoms with E-state index in [-0.39, 0.29) is 0 Å². The summed E-state index contributed by atoms with van der Waals surface area (Å²) in [4.78, 5) is 0. The van der Waals surface area contributed by atoms with E-state index in [0.29, 0.717) is 0 Å². The molecule has 0 aliphatic carbocycles. The molecule has 0 bridgehead atoms. The molecular formula is C18H24N2O. The second kappa shape index (κ2) is 6.92. The molecular weight excluding hydrogens is 260 g/mol. The van der Waals surface area contributed by atoms with E-state index in [1.165, 1.54) is 35.7 Å². The molecule has 2 aromatic rings. The molecule has 1 saturated heterocycles. The van der Waals surface area contributed by atoms with Crippen molar-refractivity contribution in [1.29, 1.82) is 0 Å². The minimum absolute atomic E-state index is 0.750. The van der Waals surface area contributed by atoms with Crippen molar-refractivity contribution < 1.29 is 4.74 Å². The molecule has 0 radical (unpaired) electrons. The number of nitrogens with one attached hydrogen (secondary N) is 2. The van der Waals surface area contributed by atoms with E-state index in [0.717, 1.165) is 31.3 Å². The van der Waals surface area contributed by atoms with Gasteiger partial charge in [-0.3, -0.25) is 0 Å². The summed E-state index contributed by atoms with van der Waals surface area (Å²) in [7, 11) is 1.75. The van der Waals surface area contributed by atoms with Gasteiger partial charge in [0.25, 0.3) is 0 Å². The molecule has 112 valence electrons. The molecule has 1 heterocycles. The highest BCUT2D eigenvalue weighted by molar-refractivity contribution is 5.87. The molecule has 2 N–H and O–H groups in total. The molecule has 1 unspecified atom stereocenters. The van der Waals surface area contributed by atoms with E-state index in [9.17, 15) is 0 Å². The molecule has 1 atom stereocenters. The molecule has 0 aromatic heterocycles. The van der Waals surface area contributed by atoms with E-state index in [4.69, 9.17) is 4.74 Å². The predicted octanol–water partition coefficient (Wildman–Crippen LogP) is 2.94. The van der Waals surface area contributed by atoms with Gasteiger partial charge in [0.1, 0.15) is 5.75 Å². The van der Waals surface area contributed by atoms with Crippen molar-refractivity contribution in [1.82, 2.24) is 10.6 Å². The van der Waals surface area contributed by atoms with Crippen molar-refractivity contribution in [3.05, 3.63) is 42.0 Å². The van der Waals surface area contributed by atoms with E-state index in [2.05, 4.69) is 47.0 Å². The molecule has 0 saturated carbocycles. The lowest BCUT2D eigenvalue weighted by atomic mass is 9.99. The summed E-state index contributed by atoms with van der Waals surface area (Å²) >= 11 is 0. The van der Waals surface area contributed by atoms with E-state index in [1.807, 2.05) is 0 Å².